The molecule has 0 atom stereocenters. The summed E-state index contributed by atoms with van der Waals surface area (Å²) in [6.07, 6.45) is 1.77. The highest BCUT2D eigenvalue weighted by Gasteiger charge is 2.16. The van der Waals surface area contributed by atoms with Crippen LogP contribution < -0.4 is 0 Å². The molecule has 0 radical (unpaired) electrons. The predicted molar refractivity (Wildman–Crippen MR) is 79.2 cm³/mol. The molecule has 1 aromatic rings. The zero-order chi connectivity index (χ0) is 14.5. The Morgan fingerprint density at radius 3 is 2.47 bits per heavy atom. The Bertz CT molecular complexity index is 453. The molecule has 0 aliphatic heterocycles. The van der Waals surface area contributed by atoms with Gasteiger partial charge in [-0.3, -0.25) is 0 Å². The van der Waals surface area contributed by atoms with E-state index in [9.17, 15) is 4.79 Å². The third kappa shape index (κ3) is 4.90. The van der Waals surface area contributed by atoms with E-state index in [1.807, 2.05) is 0 Å². The number of esters is 1. The Labute approximate surface area is 116 Å². The molecular formula is C17H24O2. The number of ether oxygens (including phenoxy) is 1. The predicted octanol–water partition coefficient (Wildman–Crippen LogP) is 4.04. The minimum atomic E-state index is -0.302. The Kier molecular flexibility index (Phi) is 5.34. The SMILES string of the molecule is C=C(C)C(=O)OCCCc1ccccc1C(C)(C)C. The summed E-state index contributed by atoms with van der Waals surface area (Å²) in [4.78, 5) is 11.3. The van der Waals surface area contributed by atoms with Gasteiger partial charge in [0.1, 0.15) is 0 Å². The molecule has 1 aromatic carbocycles. The summed E-state index contributed by atoms with van der Waals surface area (Å²) in [5.41, 5.74) is 3.29. The van der Waals surface area contributed by atoms with Gasteiger partial charge in [0.05, 0.1) is 6.61 Å². The van der Waals surface area contributed by atoms with Crippen molar-refractivity contribution >= 4 is 5.97 Å². The molecular weight excluding hydrogens is 236 g/mol. The monoisotopic (exact) mass is 260 g/mol. The van der Waals surface area contributed by atoms with Gasteiger partial charge in [-0.1, -0.05) is 51.6 Å². The second-order valence-electron chi connectivity index (χ2n) is 5.93. The van der Waals surface area contributed by atoms with Crippen LogP contribution in [0.2, 0.25) is 0 Å². The van der Waals surface area contributed by atoms with E-state index < -0.39 is 0 Å². The second-order valence-corrected chi connectivity index (χ2v) is 5.93. The molecule has 0 aliphatic carbocycles. The average molecular weight is 260 g/mol. The van der Waals surface area contributed by atoms with Crippen LogP contribution in [0.15, 0.2) is 36.4 Å². The van der Waals surface area contributed by atoms with Crippen LogP contribution >= 0.6 is 0 Å². The summed E-state index contributed by atoms with van der Waals surface area (Å²) >= 11 is 0. The first-order valence-electron chi connectivity index (χ1n) is 6.73. The lowest BCUT2D eigenvalue weighted by molar-refractivity contribution is -0.139. The van der Waals surface area contributed by atoms with Crippen LogP contribution in [-0.2, 0) is 21.4 Å². The Balaban J connectivity index is 2.55. The molecule has 0 fully saturated rings. The second kappa shape index (κ2) is 6.55. The van der Waals surface area contributed by atoms with E-state index in [2.05, 4.69) is 51.6 Å². The zero-order valence-corrected chi connectivity index (χ0v) is 12.5. The van der Waals surface area contributed by atoms with Crippen molar-refractivity contribution in [2.75, 3.05) is 6.61 Å². The van der Waals surface area contributed by atoms with Crippen LogP contribution in [0.4, 0.5) is 0 Å². The van der Waals surface area contributed by atoms with Crippen molar-refractivity contribution in [1.82, 2.24) is 0 Å². The van der Waals surface area contributed by atoms with Gasteiger partial charge in [-0.25, -0.2) is 4.79 Å². The van der Waals surface area contributed by atoms with Crippen molar-refractivity contribution < 1.29 is 9.53 Å². The number of hydrogen-bond donors (Lipinski definition) is 0. The normalized spacial score (nSPS) is 11.2. The van der Waals surface area contributed by atoms with Crippen LogP contribution in [0.5, 0.6) is 0 Å². The van der Waals surface area contributed by atoms with Crippen LogP contribution in [0.25, 0.3) is 0 Å². The van der Waals surface area contributed by atoms with Crippen molar-refractivity contribution in [2.24, 2.45) is 0 Å². The first-order valence-corrected chi connectivity index (χ1v) is 6.73. The highest BCUT2D eigenvalue weighted by Crippen LogP contribution is 2.26. The molecule has 0 heterocycles. The van der Waals surface area contributed by atoms with E-state index in [-0.39, 0.29) is 11.4 Å². The van der Waals surface area contributed by atoms with E-state index in [4.69, 9.17) is 4.74 Å². The quantitative estimate of drug-likeness (QED) is 0.454. The van der Waals surface area contributed by atoms with Crippen molar-refractivity contribution in [3.63, 3.8) is 0 Å². The average Bonchev–Trinajstić information content (AvgIpc) is 2.33. The van der Waals surface area contributed by atoms with E-state index in [1.165, 1.54) is 11.1 Å². The maximum absolute atomic E-state index is 11.3. The third-order valence-corrected chi connectivity index (χ3v) is 3.00. The fourth-order valence-corrected chi connectivity index (χ4v) is 2.02. The summed E-state index contributed by atoms with van der Waals surface area (Å²) in [5.74, 6) is -0.302. The van der Waals surface area contributed by atoms with Crippen molar-refractivity contribution in [1.29, 1.82) is 0 Å². The van der Waals surface area contributed by atoms with E-state index >= 15 is 0 Å². The first-order chi connectivity index (χ1) is 8.82. The van der Waals surface area contributed by atoms with Gasteiger partial charge in [0.15, 0.2) is 0 Å². The largest absolute Gasteiger partial charge is 0.462 e. The van der Waals surface area contributed by atoms with Crippen LogP contribution in [-0.4, -0.2) is 12.6 Å². The molecule has 0 amide bonds. The van der Waals surface area contributed by atoms with E-state index in [0.29, 0.717) is 12.2 Å². The van der Waals surface area contributed by atoms with Gasteiger partial charge in [0.25, 0.3) is 0 Å². The Morgan fingerprint density at radius 2 is 1.89 bits per heavy atom. The lowest BCUT2D eigenvalue weighted by atomic mass is 9.83. The summed E-state index contributed by atoms with van der Waals surface area (Å²) in [6, 6.07) is 8.46. The molecule has 0 spiro atoms. The number of carbonyl (C=O) groups excluding carboxylic acids is 1. The molecule has 1 rings (SSSR count). The van der Waals surface area contributed by atoms with Crippen molar-refractivity contribution in [2.45, 2.75) is 46.0 Å². The van der Waals surface area contributed by atoms with Gasteiger partial charge >= 0.3 is 5.97 Å². The molecule has 0 aromatic heterocycles. The summed E-state index contributed by atoms with van der Waals surface area (Å²) in [6.45, 7) is 12.3. The molecule has 0 unspecified atom stereocenters. The van der Waals surface area contributed by atoms with Crippen LogP contribution in [0.1, 0.15) is 45.2 Å². The molecule has 0 N–H and O–H groups in total. The molecule has 0 aliphatic rings. The highest BCUT2D eigenvalue weighted by atomic mass is 16.5. The van der Waals surface area contributed by atoms with Gasteiger partial charge in [0.2, 0.25) is 0 Å². The van der Waals surface area contributed by atoms with Gasteiger partial charge in [-0.05, 0) is 36.3 Å². The highest BCUT2D eigenvalue weighted by molar-refractivity contribution is 5.86. The molecule has 19 heavy (non-hydrogen) atoms. The topological polar surface area (TPSA) is 26.3 Å². The molecule has 0 bridgehead atoms. The molecule has 0 saturated carbocycles. The van der Waals surface area contributed by atoms with E-state index in [0.717, 1.165) is 12.8 Å². The number of carbonyl (C=O) groups is 1. The number of rotatable bonds is 5. The first kappa shape index (κ1) is 15.5. The molecule has 0 saturated heterocycles. The smallest absolute Gasteiger partial charge is 0.333 e. The Morgan fingerprint density at radius 1 is 1.26 bits per heavy atom. The van der Waals surface area contributed by atoms with Crippen LogP contribution in [0, 0.1) is 0 Å². The number of benzene rings is 1. The maximum atomic E-state index is 11.3. The van der Waals surface area contributed by atoms with Crippen molar-refractivity contribution in [3.8, 4) is 0 Å². The lowest BCUT2D eigenvalue weighted by Crippen LogP contribution is -2.14. The molecule has 2 nitrogen and oxygen atoms in total. The zero-order valence-electron chi connectivity index (χ0n) is 12.5. The Hall–Kier alpha value is -1.57. The lowest BCUT2D eigenvalue weighted by Gasteiger charge is -2.22. The van der Waals surface area contributed by atoms with Gasteiger partial charge < -0.3 is 4.74 Å². The standard InChI is InChI=1S/C17H24O2/c1-13(2)16(18)19-12-8-10-14-9-6-7-11-15(14)17(3,4)5/h6-7,9,11H,1,8,10,12H2,2-5H3. The third-order valence-electron chi connectivity index (χ3n) is 3.00. The van der Waals surface area contributed by atoms with Gasteiger partial charge in [-0.2, -0.15) is 0 Å². The summed E-state index contributed by atoms with van der Waals surface area (Å²) in [7, 11) is 0. The fraction of sp³-hybridized carbons (Fsp3) is 0.471. The summed E-state index contributed by atoms with van der Waals surface area (Å²) < 4.78 is 5.11. The van der Waals surface area contributed by atoms with E-state index in [1.54, 1.807) is 6.92 Å². The maximum Gasteiger partial charge on any atom is 0.333 e. The number of aryl methyl sites for hydroxylation is 1. The minimum absolute atomic E-state index is 0.144. The molecule has 2 heteroatoms. The molecule has 104 valence electrons. The fourth-order valence-electron chi connectivity index (χ4n) is 2.02. The van der Waals surface area contributed by atoms with Gasteiger partial charge in [-0.15, -0.1) is 0 Å². The minimum Gasteiger partial charge on any atom is -0.462 e. The summed E-state index contributed by atoms with van der Waals surface area (Å²) in [5, 5.41) is 0. The number of hydrogen-bond acceptors (Lipinski definition) is 2. The van der Waals surface area contributed by atoms with Crippen LogP contribution in [0.3, 0.4) is 0 Å². The van der Waals surface area contributed by atoms with Crippen molar-refractivity contribution in [3.05, 3.63) is 47.5 Å². The van der Waals surface area contributed by atoms with Gasteiger partial charge in [0, 0.05) is 5.57 Å².